The lowest BCUT2D eigenvalue weighted by molar-refractivity contribution is -0.386. The molecule has 0 aliphatic heterocycles. The van der Waals surface area contributed by atoms with Crippen molar-refractivity contribution in [2.24, 2.45) is 0 Å². The Labute approximate surface area is 105 Å². The molecule has 0 saturated carbocycles. The number of halogens is 4. The van der Waals surface area contributed by atoms with Gasteiger partial charge in [0.1, 0.15) is 5.69 Å². The lowest BCUT2D eigenvalue weighted by Gasteiger charge is -2.09. The van der Waals surface area contributed by atoms with Gasteiger partial charge < -0.3 is 4.74 Å². The van der Waals surface area contributed by atoms with Crippen LogP contribution in [0.5, 0.6) is 5.88 Å². The van der Waals surface area contributed by atoms with E-state index in [2.05, 4.69) is 9.72 Å². The minimum absolute atomic E-state index is 0.0896. The molecule has 0 amide bonds. The molecule has 0 aliphatic rings. The Morgan fingerprint density at radius 1 is 1.53 bits per heavy atom. The molecule has 0 unspecified atom stereocenters. The lowest BCUT2D eigenvalue weighted by Crippen LogP contribution is -2.19. The summed E-state index contributed by atoms with van der Waals surface area (Å²) in [5.41, 5.74) is -1.20. The highest BCUT2D eigenvalue weighted by molar-refractivity contribution is 14.1. The van der Waals surface area contributed by atoms with Crippen LogP contribution in [0.15, 0.2) is 6.07 Å². The van der Waals surface area contributed by atoms with Gasteiger partial charge in [0, 0.05) is 6.07 Å². The number of carbonyl (C=O) groups excluding carboxylic acids is 1. The monoisotopic (exact) mass is 362 g/mol. The van der Waals surface area contributed by atoms with Gasteiger partial charge in [0.05, 0.1) is 4.92 Å². The zero-order valence-electron chi connectivity index (χ0n) is 7.69. The highest BCUT2D eigenvalue weighted by Gasteiger charge is 2.34. The van der Waals surface area contributed by atoms with Crippen molar-refractivity contribution in [1.29, 1.82) is 0 Å². The fourth-order valence-corrected chi connectivity index (χ4v) is 1.47. The molecule has 0 radical (unpaired) electrons. The van der Waals surface area contributed by atoms with Gasteiger partial charge in [0.15, 0.2) is 9.86 Å². The van der Waals surface area contributed by atoms with E-state index in [-0.39, 0.29) is 6.29 Å². The molecule has 0 N–H and O–H groups in total. The van der Waals surface area contributed by atoms with Crippen molar-refractivity contribution in [1.82, 2.24) is 4.98 Å². The van der Waals surface area contributed by atoms with Crippen molar-refractivity contribution in [3.63, 3.8) is 0 Å². The predicted octanol–water partition coefficient (Wildman–Crippen LogP) is 2.31. The van der Waals surface area contributed by atoms with E-state index in [0.717, 1.165) is 6.07 Å². The number of alkyl halides is 3. The quantitative estimate of drug-likeness (QED) is 0.357. The molecule has 1 rings (SSSR count). The maximum atomic E-state index is 12.0. The summed E-state index contributed by atoms with van der Waals surface area (Å²) in [6, 6.07) is 0.762. The van der Waals surface area contributed by atoms with Gasteiger partial charge >= 0.3 is 6.36 Å². The number of aromatic nitrogens is 1. The Kier molecular flexibility index (Phi) is 3.85. The molecular formula is C7H2F3IN2O4. The third kappa shape index (κ3) is 3.51. The maximum absolute atomic E-state index is 12.0. The Bertz CT molecular complexity index is 477. The molecule has 1 aromatic rings. The van der Waals surface area contributed by atoms with Gasteiger partial charge in [0.2, 0.25) is 5.88 Å². The zero-order valence-corrected chi connectivity index (χ0v) is 9.85. The minimum Gasteiger partial charge on any atom is -0.386 e. The van der Waals surface area contributed by atoms with Crippen molar-refractivity contribution in [2.75, 3.05) is 0 Å². The first-order valence-electron chi connectivity index (χ1n) is 3.80. The van der Waals surface area contributed by atoms with Crippen LogP contribution in [-0.2, 0) is 0 Å². The normalized spacial score (nSPS) is 11.1. The Morgan fingerprint density at radius 2 is 2.12 bits per heavy atom. The third-order valence-corrected chi connectivity index (χ3v) is 2.47. The summed E-state index contributed by atoms with van der Waals surface area (Å²) >= 11 is 1.28. The molecule has 6 nitrogen and oxygen atoms in total. The predicted molar refractivity (Wildman–Crippen MR) is 55.7 cm³/mol. The first kappa shape index (κ1) is 13.6. The van der Waals surface area contributed by atoms with Gasteiger partial charge in [-0.2, -0.15) is 0 Å². The van der Waals surface area contributed by atoms with Crippen molar-refractivity contribution in [3.05, 3.63) is 25.4 Å². The van der Waals surface area contributed by atoms with E-state index in [9.17, 15) is 28.1 Å². The van der Waals surface area contributed by atoms with Crippen molar-refractivity contribution in [2.45, 2.75) is 6.36 Å². The number of hydrogen-bond acceptors (Lipinski definition) is 5. The second-order valence-corrected chi connectivity index (χ2v) is 3.69. The largest absolute Gasteiger partial charge is 0.574 e. The summed E-state index contributed by atoms with van der Waals surface area (Å²) in [4.78, 5) is 23.2. The molecule has 0 fully saturated rings. The van der Waals surface area contributed by atoms with Gasteiger partial charge in [-0.15, -0.1) is 13.2 Å². The van der Waals surface area contributed by atoms with Gasteiger partial charge in [-0.25, -0.2) is 4.98 Å². The summed E-state index contributed by atoms with van der Waals surface area (Å²) in [5, 5.41) is 10.5. The van der Waals surface area contributed by atoms with Gasteiger partial charge in [-0.1, -0.05) is 0 Å². The van der Waals surface area contributed by atoms with Gasteiger partial charge in [-0.05, 0) is 22.6 Å². The van der Waals surface area contributed by atoms with Crippen LogP contribution in [0.25, 0.3) is 0 Å². The molecular weight excluding hydrogens is 360 g/mol. The lowest BCUT2D eigenvalue weighted by atomic mass is 10.3. The molecule has 1 heterocycles. The van der Waals surface area contributed by atoms with E-state index in [1.165, 1.54) is 22.6 Å². The van der Waals surface area contributed by atoms with Crippen molar-refractivity contribution >= 4 is 34.6 Å². The van der Waals surface area contributed by atoms with Crippen LogP contribution in [0.2, 0.25) is 0 Å². The Balaban J connectivity index is 3.34. The Morgan fingerprint density at radius 3 is 2.53 bits per heavy atom. The molecule has 92 valence electrons. The van der Waals surface area contributed by atoms with Crippen molar-refractivity contribution in [3.8, 4) is 5.88 Å². The number of hydrogen-bond donors (Lipinski definition) is 0. The van der Waals surface area contributed by atoms with E-state index in [1.807, 2.05) is 0 Å². The third-order valence-electron chi connectivity index (χ3n) is 1.46. The van der Waals surface area contributed by atoms with Crippen LogP contribution in [0, 0.1) is 13.7 Å². The summed E-state index contributed by atoms with van der Waals surface area (Å²) in [5.74, 6) is -1.02. The number of nitro groups is 1. The number of pyridine rings is 1. The topological polar surface area (TPSA) is 82.3 Å². The highest BCUT2D eigenvalue weighted by Crippen LogP contribution is 2.32. The van der Waals surface area contributed by atoms with Crippen LogP contribution in [-0.4, -0.2) is 22.6 Å². The molecule has 0 spiro atoms. The summed E-state index contributed by atoms with van der Waals surface area (Å²) in [6.07, 6.45) is -4.95. The van der Waals surface area contributed by atoms with E-state index in [1.54, 1.807) is 0 Å². The zero-order chi connectivity index (χ0) is 13.2. The molecule has 10 heteroatoms. The van der Waals surface area contributed by atoms with E-state index in [4.69, 9.17) is 0 Å². The maximum Gasteiger partial charge on any atom is 0.574 e. The van der Waals surface area contributed by atoms with Crippen molar-refractivity contribution < 1.29 is 27.6 Å². The smallest absolute Gasteiger partial charge is 0.386 e. The number of ether oxygens (including phenoxy) is 1. The standard InChI is InChI=1S/C7H2F3IN2O4/c8-7(9,10)17-6-5(11)4(13(15)16)1-3(2-14)12-6/h1-2H. The Hall–Kier alpha value is -1.46. The summed E-state index contributed by atoms with van der Waals surface area (Å²) in [6.45, 7) is 0. The van der Waals surface area contributed by atoms with Crippen LogP contribution in [0.3, 0.4) is 0 Å². The molecule has 0 aliphatic carbocycles. The average molecular weight is 362 g/mol. The molecule has 0 atom stereocenters. The van der Waals surface area contributed by atoms with E-state index < -0.39 is 32.1 Å². The van der Waals surface area contributed by atoms with Gasteiger partial charge in [-0.3, -0.25) is 14.9 Å². The molecule has 0 saturated heterocycles. The fourth-order valence-electron chi connectivity index (χ4n) is 0.882. The minimum atomic E-state index is -5.04. The average Bonchev–Trinajstić information content (AvgIpc) is 2.18. The van der Waals surface area contributed by atoms with Gasteiger partial charge in [0.25, 0.3) is 5.69 Å². The molecule has 0 aromatic carbocycles. The van der Waals surface area contributed by atoms with Crippen LogP contribution in [0.4, 0.5) is 18.9 Å². The van der Waals surface area contributed by atoms with Crippen LogP contribution >= 0.6 is 22.6 Å². The molecule has 1 aromatic heterocycles. The second-order valence-electron chi connectivity index (χ2n) is 2.61. The summed E-state index contributed by atoms with van der Waals surface area (Å²) < 4.78 is 38.9. The fraction of sp³-hybridized carbons (Fsp3) is 0.143. The molecule has 0 bridgehead atoms. The summed E-state index contributed by atoms with van der Waals surface area (Å²) in [7, 11) is 0. The number of nitrogens with zero attached hydrogens (tertiary/aromatic N) is 2. The van der Waals surface area contributed by atoms with Crippen LogP contribution < -0.4 is 4.74 Å². The SMILES string of the molecule is O=Cc1cc([N+](=O)[O-])c(I)c(OC(F)(F)F)n1. The number of aldehydes is 1. The highest BCUT2D eigenvalue weighted by atomic mass is 127. The van der Waals surface area contributed by atoms with E-state index in [0.29, 0.717) is 0 Å². The first-order chi connectivity index (χ1) is 7.74. The molecule has 17 heavy (non-hydrogen) atoms. The number of rotatable bonds is 3. The first-order valence-corrected chi connectivity index (χ1v) is 4.88. The van der Waals surface area contributed by atoms with Crippen LogP contribution in [0.1, 0.15) is 10.5 Å². The van der Waals surface area contributed by atoms with E-state index >= 15 is 0 Å². The second kappa shape index (κ2) is 4.81. The number of carbonyl (C=O) groups is 1.